The predicted molar refractivity (Wildman–Crippen MR) is 89.9 cm³/mol. The first-order chi connectivity index (χ1) is 12.7. The normalized spacial score (nSPS) is 16.4. The number of rotatable bonds is 5. The molecule has 2 amide bonds. The van der Waals surface area contributed by atoms with Crippen LogP contribution < -0.4 is 5.32 Å². The molecule has 2 N–H and O–H groups in total. The summed E-state index contributed by atoms with van der Waals surface area (Å²) in [6.07, 6.45) is 2.84. The van der Waals surface area contributed by atoms with Crippen LogP contribution in [0, 0.1) is 23.4 Å². The Hall–Kier alpha value is -2.84. The van der Waals surface area contributed by atoms with Gasteiger partial charge in [0.15, 0.2) is 17.5 Å². The highest BCUT2D eigenvalue weighted by atomic mass is 19.2. The highest BCUT2D eigenvalue weighted by Crippen LogP contribution is 2.19. The van der Waals surface area contributed by atoms with Crippen molar-refractivity contribution < 1.29 is 32.7 Å². The molecule has 0 saturated carbocycles. The van der Waals surface area contributed by atoms with Crippen LogP contribution in [0.2, 0.25) is 0 Å². The molecule has 1 aliphatic rings. The number of piperidine rings is 1. The Morgan fingerprint density at radius 3 is 2.41 bits per heavy atom. The first kappa shape index (κ1) is 20.5. The predicted octanol–water partition coefficient (Wildman–Crippen LogP) is 1.94. The molecule has 146 valence electrons. The van der Waals surface area contributed by atoms with Crippen LogP contribution in [0.1, 0.15) is 25.3 Å². The second-order valence-corrected chi connectivity index (χ2v) is 6.27. The number of carbonyl (C=O) groups excluding carboxylic acids is 2. The van der Waals surface area contributed by atoms with Crippen molar-refractivity contribution in [2.24, 2.45) is 5.92 Å². The van der Waals surface area contributed by atoms with Gasteiger partial charge in [-0.15, -0.1) is 0 Å². The van der Waals surface area contributed by atoms with Crippen LogP contribution in [-0.4, -0.2) is 46.9 Å². The quantitative estimate of drug-likeness (QED) is 0.600. The third-order valence-electron chi connectivity index (χ3n) is 4.38. The van der Waals surface area contributed by atoms with Gasteiger partial charge in [0.05, 0.1) is 0 Å². The van der Waals surface area contributed by atoms with Crippen LogP contribution in [0.4, 0.5) is 13.2 Å². The number of benzene rings is 1. The molecule has 0 bridgehead atoms. The number of nitrogens with one attached hydrogen (secondary N) is 1. The van der Waals surface area contributed by atoms with Crippen LogP contribution in [0.25, 0.3) is 6.08 Å². The summed E-state index contributed by atoms with van der Waals surface area (Å²) in [5, 5.41) is 11.2. The number of carbonyl (C=O) groups is 3. The Morgan fingerprint density at radius 2 is 1.81 bits per heavy atom. The molecule has 9 heteroatoms. The molecular formula is C18H19F3N2O4. The molecule has 1 aromatic carbocycles. The van der Waals surface area contributed by atoms with E-state index in [0.29, 0.717) is 12.8 Å². The molecule has 2 rings (SSSR count). The molecule has 0 spiro atoms. The Bertz CT molecular complexity index is 774. The number of likely N-dealkylation sites (tertiary alicyclic amines) is 1. The second-order valence-electron chi connectivity index (χ2n) is 6.27. The van der Waals surface area contributed by atoms with Gasteiger partial charge in [-0.05, 0) is 38.0 Å². The SMILES string of the molecule is CC(NC(=O)C1CCN(C(=O)/C=C/c2ccc(F)c(F)c2F)CC1)C(=O)O. The van der Waals surface area contributed by atoms with Crippen LogP contribution >= 0.6 is 0 Å². The summed E-state index contributed by atoms with van der Waals surface area (Å²) in [6, 6.07) is 0.800. The number of carboxylic acid groups (broad SMARTS) is 1. The van der Waals surface area contributed by atoms with E-state index in [1.165, 1.54) is 11.8 Å². The van der Waals surface area contributed by atoms with E-state index in [1.54, 1.807) is 0 Å². The van der Waals surface area contributed by atoms with Gasteiger partial charge in [-0.1, -0.05) is 0 Å². The van der Waals surface area contributed by atoms with Gasteiger partial charge < -0.3 is 15.3 Å². The van der Waals surface area contributed by atoms with Crippen molar-refractivity contribution in [2.75, 3.05) is 13.1 Å². The number of nitrogens with zero attached hydrogens (tertiary/aromatic N) is 1. The minimum Gasteiger partial charge on any atom is -0.480 e. The maximum Gasteiger partial charge on any atom is 0.325 e. The fraction of sp³-hybridized carbons (Fsp3) is 0.389. The summed E-state index contributed by atoms with van der Waals surface area (Å²) in [7, 11) is 0. The highest BCUT2D eigenvalue weighted by Gasteiger charge is 2.28. The highest BCUT2D eigenvalue weighted by molar-refractivity contribution is 5.92. The van der Waals surface area contributed by atoms with Crippen LogP contribution in [0.5, 0.6) is 0 Å². The maximum absolute atomic E-state index is 13.6. The molecule has 1 aromatic rings. The van der Waals surface area contributed by atoms with Crippen molar-refractivity contribution in [3.8, 4) is 0 Å². The number of aliphatic carboxylic acids is 1. The molecular weight excluding hydrogens is 365 g/mol. The van der Waals surface area contributed by atoms with Crippen molar-refractivity contribution in [1.82, 2.24) is 10.2 Å². The van der Waals surface area contributed by atoms with E-state index in [4.69, 9.17) is 5.11 Å². The average molecular weight is 384 g/mol. The average Bonchev–Trinajstić information content (AvgIpc) is 2.65. The Morgan fingerprint density at radius 1 is 1.19 bits per heavy atom. The fourth-order valence-corrected chi connectivity index (χ4v) is 2.69. The number of halogens is 3. The van der Waals surface area contributed by atoms with Gasteiger partial charge in [0.2, 0.25) is 11.8 Å². The Balaban J connectivity index is 1.90. The summed E-state index contributed by atoms with van der Waals surface area (Å²) in [5.74, 6) is -6.65. The fourth-order valence-electron chi connectivity index (χ4n) is 2.69. The zero-order chi connectivity index (χ0) is 20.1. The second kappa shape index (κ2) is 8.70. The molecule has 6 nitrogen and oxygen atoms in total. The van der Waals surface area contributed by atoms with E-state index in [-0.39, 0.29) is 24.6 Å². The summed E-state index contributed by atoms with van der Waals surface area (Å²) in [6.45, 7) is 1.90. The van der Waals surface area contributed by atoms with Crippen LogP contribution in [0.15, 0.2) is 18.2 Å². The van der Waals surface area contributed by atoms with Crippen molar-refractivity contribution >= 4 is 23.9 Å². The number of hydrogen-bond donors (Lipinski definition) is 2. The molecule has 27 heavy (non-hydrogen) atoms. The Labute approximate surface area is 153 Å². The van der Waals surface area contributed by atoms with Crippen molar-refractivity contribution in [3.63, 3.8) is 0 Å². The van der Waals surface area contributed by atoms with Gasteiger partial charge in [-0.2, -0.15) is 0 Å². The topological polar surface area (TPSA) is 86.7 Å². The minimum atomic E-state index is -1.60. The molecule has 1 fully saturated rings. The molecule has 0 radical (unpaired) electrons. The zero-order valence-electron chi connectivity index (χ0n) is 14.5. The third kappa shape index (κ3) is 5.08. The van der Waals surface area contributed by atoms with Crippen LogP contribution in [-0.2, 0) is 14.4 Å². The first-order valence-electron chi connectivity index (χ1n) is 8.34. The lowest BCUT2D eigenvalue weighted by Crippen LogP contribution is -2.46. The molecule has 1 aliphatic heterocycles. The summed E-state index contributed by atoms with van der Waals surface area (Å²) >= 11 is 0. The summed E-state index contributed by atoms with van der Waals surface area (Å²) < 4.78 is 39.6. The van der Waals surface area contributed by atoms with E-state index < -0.39 is 41.3 Å². The first-order valence-corrected chi connectivity index (χ1v) is 8.34. The number of hydrogen-bond acceptors (Lipinski definition) is 3. The van der Waals surface area contributed by atoms with Crippen molar-refractivity contribution in [1.29, 1.82) is 0 Å². The lowest BCUT2D eigenvalue weighted by molar-refractivity contribution is -0.142. The maximum atomic E-state index is 13.6. The standard InChI is InChI=1S/C18H19F3N2O4/c1-10(18(26)27)22-17(25)12-6-8-23(9-7-12)14(24)5-3-11-2-4-13(19)16(21)15(11)20/h2-5,10,12H,6-9H2,1H3,(H,22,25)(H,26,27)/b5-3+. The van der Waals surface area contributed by atoms with Crippen molar-refractivity contribution in [3.05, 3.63) is 41.2 Å². The lowest BCUT2D eigenvalue weighted by Gasteiger charge is -2.31. The molecule has 1 saturated heterocycles. The van der Waals surface area contributed by atoms with Gasteiger partial charge in [-0.3, -0.25) is 14.4 Å². The van der Waals surface area contributed by atoms with Gasteiger partial charge in [0.25, 0.3) is 0 Å². The van der Waals surface area contributed by atoms with Gasteiger partial charge in [0, 0.05) is 30.6 Å². The number of carboxylic acids is 1. The zero-order valence-corrected chi connectivity index (χ0v) is 14.5. The van der Waals surface area contributed by atoms with Gasteiger partial charge >= 0.3 is 5.97 Å². The minimum absolute atomic E-state index is 0.251. The molecule has 1 heterocycles. The largest absolute Gasteiger partial charge is 0.480 e. The van der Waals surface area contributed by atoms with Gasteiger partial charge in [0.1, 0.15) is 6.04 Å². The monoisotopic (exact) mass is 384 g/mol. The third-order valence-corrected chi connectivity index (χ3v) is 4.38. The van der Waals surface area contributed by atoms with E-state index in [9.17, 15) is 27.6 Å². The van der Waals surface area contributed by atoms with Crippen LogP contribution in [0.3, 0.4) is 0 Å². The van der Waals surface area contributed by atoms with E-state index in [1.807, 2.05) is 0 Å². The summed E-state index contributed by atoms with van der Waals surface area (Å²) in [5.41, 5.74) is -0.251. The smallest absolute Gasteiger partial charge is 0.325 e. The van der Waals surface area contributed by atoms with E-state index in [0.717, 1.165) is 24.3 Å². The molecule has 1 unspecified atom stereocenters. The Kier molecular flexibility index (Phi) is 6.59. The molecule has 0 aliphatic carbocycles. The van der Waals surface area contributed by atoms with E-state index in [2.05, 4.69) is 5.32 Å². The molecule has 1 atom stereocenters. The van der Waals surface area contributed by atoms with E-state index >= 15 is 0 Å². The lowest BCUT2D eigenvalue weighted by atomic mass is 9.95. The van der Waals surface area contributed by atoms with Gasteiger partial charge in [-0.25, -0.2) is 13.2 Å². The number of amides is 2. The summed E-state index contributed by atoms with van der Waals surface area (Å²) in [4.78, 5) is 36.4. The van der Waals surface area contributed by atoms with Crippen molar-refractivity contribution in [2.45, 2.75) is 25.8 Å². The molecule has 0 aromatic heterocycles.